The molecule has 1 heterocycles. The Morgan fingerprint density at radius 2 is 1.60 bits per heavy atom. The molecule has 1 aliphatic heterocycles. The quantitative estimate of drug-likeness (QED) is 0.652. The van der Waals surface area contributed by atoms with E-state index in [-0.39, 0.29) is 5.60 Å². The van der Waals surface area contributed by atoms with Gasteiger partial charge in [0.05, 0.1) is 14.7 Å². The summed E-state index contributed by atoms with van der Waals surface area (Å²) in [5.41, 5.74) is 2.44. The molecule has 0 spiro atoms. The summed E-state index contributed by atoms with van der Waals surface area (Å²) in [6.45, 7) is 21.1. The van der Waals surface area contributed by atoms with Crippen molar-refractivity contribution in [1.82, 2.24) is 0 Å². The zero-order valence-electron chi connectivity index (χ0n) is 11.4. The number of hydrogen-bond acceptors (Lipinski definition) is 1. The predicted molar refractivity (Wildman–Crippen MR) is 76.8 cm³/mol. The van der Waals surface area contributed by atoms with Gasteiger partial charge in [-0.2, -0.15) is 0 Å². The number of hydrogen-bond donors (Lipinski definition) is 0. The van der Waals surface area contributed by atoms with Gasteiger partial charge in [-0.15, -0.1) is 12.3 Å². The van der Waals surface area contributed by atoms with E-state index in [4.69, 9.17) is 4.43 Å². The first-order valence-electron chi connectivity index (χ1n) is 5.81. The second kappa shape index (κ2) is 3.42. The highest BCUT2D eigenvalue weighted by atomic mass is 29.6. The van der Waals surface area contributed by atoms with E-state index in [0.29, 0.717) is 0 Å². The summed E-state index contributed by atoms with van der Waals surface area (Å²) in [7, 11) is -3.97. The van der Waals surface area contributed by atoms with E-state index >= 15 is 0 Å². The molecule has 0 N–H and O–H groups in total. The van der Waals surface area contributed by atoms with Crippen molar-refractivity contribution in [2.75, 3.05) is 0 Å². The lowest BCUT2D eigenvalue weighted by molar-refractivity contribution is 0.122. The largest absolute Gasteiger partial charge is 0.416 e. The Bertz CT molecular complexity index is 284. The van der Waals surface area contributed by atoms with Gasteiger partial charge in [0.15, 0.2) is 7.83 Å². The van der Waals surface area contributed by atoms with Crippen LogP contribution >= 0.6 is 0 Å². The smallest absolute Gasteiger partial charge is 0.172 e. The molecular weight excluding hydrogens is 232 g/mol. The van der Waals surface area contributed by atoms with Crippen LogP contribution in [0.5, 0.6) is 0 Å². The van der Waals surface area contributed by atoms with Gasteiger partial charge in [0.2, 0.25) is 0 Å². The topological polar surface area (TPSA) is 9.23 Å². The van der Waals surface area contributed by atoms with Crippen LogP contribution in [0.4, 0.5) is 0 Å². The summed E-state index contributed by atoms with van der Waals surface area (Å²) in [5.74, 6) is 0. The molecule has 1 saturated heterocycles. The zero-order chi connectivity index (χ0) is 12.1. The van der Waals surface area contributed by atoms with Gasteiger partial charge in [-0.1, -0.05) is 19.6 Å². The maximum absolute atomic E-state index is 6.46. The predicted octanol–water partition coefficient (Wildman–Crippen LogP) is 3.67. The monoisotopic (exact) mass is 258 g/mol. The van der Waals surface area contributed by atoms with Crippen LogP contribution in [0.2, 0.25) is 38.8 Å². The van der Waals surface area contributed by atoms with E-state index in [0.717, 1.165) is 0 Å². The Labute approximate surface area is 97.7 Å². The summed E-state index contributed by atoms with van der Waals surface area (Å²) in [6, 6.07) is 1.26. The highest BCUT2D eigenvalue weighted by Gasteiger charge is 2.61. The molecule has 1 fully saturated rings. The Balaban J connectivity index is 3.24. The Kier molecular flexibility index (Phi) is 3.06. The van der Waals surface area contributed by atoms with Crippen LogP contribution in [-0.2, 0) is 4.43 Å². The number of rotatable bonds is 1. The molecule has 0 saturated carbocycles. The SMILES string of the molecule is C=C[Si]1(C)CC(C)(C)O[Si](C)(C)[Si]1(C)C. The van der Waals surface area contributed by atoms with Crippen LogP contribution in [0.3, 0.4) is 0 Å². The molecule has 0 amide bonds. The van der Waals surface area contributed by atoms with Gasteiger partial charge in [-0.25, -0.2) is 0 Å². The van der Waals surface area contributed by atoms with E-state index < -0.39 is 22.5 Å². The fraction of sp³-hybridized carbons (Fsp3) is 0.818. The summed E-state index contributed by atoms with van der Waals surface area (Å²) in [6.07, 6.45) is 0. The van der Waals surface area contributed by atoms with E-state index in [1.165, 1.54) is 6.04 Å². The van der Waals surface area contributed by atoms with Crippen molar-refractivity contribution in [2.24, 2.45) is 0 Å². The second-order valence-corrected chi connectivity index (χ2v) is 32.9. The van der Waals surface area contributed by atoms with Crippen LogP contribution in [0.1, 0.15) is 13.8 Å². The third-order valence-corrected chi connectivity index (χ3v) is 43.7. The van der Waals surface area contributed by atoms with Crippen LogP contribution < -0.4 is 0 Å². The van der Waals surface area contributed by atoms with E-state index in [1.54, 1.807) is 0 Å². The lowest BCUT2D eigenvalue weighted by Gasteiger charge is -2.57. The molecule has 0 bridgehead atoms. The molecular formula is C11H26OSi3. The molecule has 1 aliphatic rings. The van der Waals surface area contributed by atoms with Crippen molar-refractivity contribution < 1.29 is 4.43 Å². The van der Waals surface area contributed by atoms with Crippen LogP contribution in [0, 0.1) is 0 Å². The third kappa shape index (κ3) is 1.97. The van der Waals surface area contributed by atoms with Crippen molar-refractivity contribution in [3.63, 3.8) is 0 Å². The van der Waals surface area contributed by atoms with E-state index in [9.17, 15) is 0 Å². The molecule has 0 aromatic rings. The fourth-order valence-electron chi connectivity index (χ4n) is 2.97. The lowest BCUT2D eigenvalue weighted by atomic mass is 10.2. The lowest BCUT2D eigenvalue weighted by Crippen LogP contribution is -2.78. The summed E-state index contributed by atoms with van der Waals surface area (Å²) < 4.78 is 6.46. The van der Waals surface area contributed by atoms with Gasteiger partial charge in [0, 0.05) is 5.60 Å². The van der Waals surface area contributed by atoms with Crippen LogP contribution in [-0.4, -0.2) is 28.1 Å². The zero-order valence-corrected chi connectivity index (χ0v) is 14.4. The maximum Gasteiger partial charge on any atom is 0.172 e. The maximum atomic E-state index is 6.46. The van der Waals surface area contributed by atoms with Gasteiger partial charge < -0.3 is 4.43 Å². The summed E-state index contributed by atoms with van der Waals surface area (Å²) in [5, 5.41) is 0. The Hall–Kier alpha value is 0.351. The average Bonchev–Trinajstić information content (AvgIpc) is 1.98. The van der Waals surface area contributed by atoms with Crippen molar-refractivity contribution >= 4 is 22.5 Å². The third-order valence-electron chi connectivity index (χ3n) is 4.71. The molecule has 0 aliphatic carbocycles. The fourth-order valence-corrected chi connectivity index (χ4v) is 33.5. The highest BCUT2D eigenvalue weighted by molar-refractivity contribution is 7.68. The van der Waals surface area contributed by atoms with Crippen molar-refractivity contribution in [1.29, 1.82) is 0 Å². The molecule has 1 atom stereocenters. The molecule has 15 heavy (non-hydrogen) atoms. The van der Waals surface area contributed by atoms with Crippen LogP contribution in [0.15, 0.2) is 12.3 Å². The Morgan fingerprint density at radius 1 is 1.13 bits per heavy atom. The minimum absolute atomic E-state index is 0.0907. The van der Waals surface area contributed by atoms with Crippen molar-refractivity contribution in [2.45, 2.75) is 58.2 Å². The molecule has 1 nitrogen and oxygen atoms in total. The van der Waals surface area contributed by atoms with E-state index in [1.807, 2.05) is 0 Å². The molecule has 4 heteroatoms. The van der Waals surface area contributed by atoms with Gasteiger partial charge in [-0.05, 0) is 33.0 Å². The van der Waals surface area contributed by atoms with Gasteiger partial charge >= 0.3 is 0 Å². The molecule has 88 valence electrons. The van der Waals surface area contributed by atoms with Crippen molar-refractivity contribution in [3.8, 4) is 0 Å². The first-order chi connectivity index (χ1) is 6.47. The van der Waals surface area contributed by atoms with Gasteiger partial charge in [-0.3, -0.25) is 0 Å². The second-order valence-electron chi connectivity index (χ2n) is 6.80. The first-order valence-corrected chi connectivity index (χ1v) is 16.5. The Morgan fingerprint density at radius 3 is 2.00 bits per heavy atom. The van der Waals surface area contributed by atoms with Crippen molar-refractivity contribution in [3.05, 3.63) is 12.3 Å². The summed E-state index contributed by atoms with van der Waals surface area (Å²) in [4.78, 5) is 0. The van der Waals surface area contributed by atoms with Gasteiger partial charge in [0.1, 0.15) is 0 Å². The molecule has 1 unspecified atom stereocenters. The molecule has 0 aromatic carbocycles. The normalized spacial score (nSPS) is 37.3. The first kappa shape index (κ1) is 13.4. The van der Waals surface area contributed by atoms with Crippen LogP contribution in [0.25, 0.3) is 0 Å². The molecule has 0 radical (unpaired) electrons. The minimum atomic E-state index is -1.48. The van der Waals surface area contributed by atoms with Gasteiger partial charge in [0.25, 0.3) is 0 Å². The average molecular weight is 259 g/mol. The highest BCUT2D eigenvalue weighted by Crippen LogP contribution is 2.44. The van der Waals surface area contributed by atoms with E-state index in [2.05, 4.69) is 58.9 Å². The molecule has 0 aromatic heterocycles. The standard InChI is InChI=1S/C11H26OSi3/c1-9-15(8)10-11(2,3)12-13(4,5)14(15,6)7/h9H,1,10H2,2-8H3. The summed E-state index contributed by atoms with van der Waals surface area (Å²) >= 11 is 0. The minimum Gasteiger partial charge on any atom is -0.416 e. The molecule has 1 rings (SSSR count).